The molecule has 2 N–H and O–H groups in total. The van der Waals surface area contributed by atoms with Crippen LogP contribution in [0.5, 0.6) is 11.5 Å². The lowest BCUT2D eigenvalue weighted by molar-refractivity contribution is 0.464. The van der Waals surface area contributed by atoms with Crippen molar-refractivity contribution in [3.63, 3.8) is 0 Å². The maximum absolute atomic E-state index is 10.5. The summed E-state index contributed by atoms with van der Waals surface area (Å²) in [6.07, 6.45) is 1.05. The molecule has 2 aliphatic heterocycles. The van der Waals surface area contributed by atoms with E-state index in [2.05, 4.69) is 16.8 Å². The average Bonchev–Trinajstić information content (AvgIpc) is 3.03. The van der Waals surface area contributed by atoms with Gasteiger partial charge in [-0.05, 0) is 13.3 Å². The van der Waals surface area contributed by atoms with Crippen molar-refractivity contribution in [2.45, 2.75) is 32.7 Å². The van der Waals surface area contributed by atoms with E-state index in [0.29, 0.717) is 17.0 Å². The van der Waals surface area contributed by atoms with Crippen LogP contribution < -0.4 is 4.90 Å². The van der Waals surface area contributed by atoms with Crippen molar-refractivity contribution in [1.29, 1.82) is 0 Å². The fourth-order valence-electron chi connectivity index (χ4n) is 3.17. The Hall–Kier alpha value is -1.91. The van der Waals surface area contributed by atoms with Crippen molar-refractivity contribution < 1.29 is 10.2 Å². The predicted molar refractivity (Wildman–Crippen MR) is 73.0 cm³/mol. The minimum atomic E-state index is 0.219. The normalized spacial score (nSPS) is 21.2. The van der Waals surface area contributed by atoms with Gasteiger partial charge in [-0.1, -0.05) is 6.92 Å². The van der Waals surface area contributed by atoms with E-state index in [-0.39, 0.29) is 11.5 Å². The Balaban J connectivity index is 2.10. The maximum Gasteiger partial charge on any atom is 0.167 e. The summed E-state index contributed by atoms with van der Waals surface area (Å²) in [7, 11) is 0. The highest BCUT2D eigenvalue weighted by molar-refractivity contribution is 5.96. The van der Waals surface area contributed by atoms with Gasteiger partial charge in [-0.15, -0.1) is 0 Å². The van der Waals surface area contributed by atoms with Crippen LogP contribution in [0.1, 0.15) is 30.7 Å². The number of fused-ring (bicyclic) bond motifs is 3. The van der Waals surface area contributed by atoms with E-state index < -0.39 is 0 Å². The van der Waals surface area contributed by atoms with Crippen molar-refractivity contribution in [1.82, 2.24) is 9.55 Å². The molecule has 2 aliphatic rings. The molecule has 4 rings (SSSR count). The molecule has 19 heavy (non-hydrogen) atoms. The summed E-state index contributed by atoms with van der Waals surface area (Å²) in [5.74, 6) is 1.85. The lowest BCUT2D eigenvalue weighted by Crippen LogP contribution is -1.98. The van der Waals surface area contributed by atoms with Gasteiger partial charge in [0.15, 0.2) is 5.75 Å². The highest BCUT2D eigenvalue weighted by Gasteiger charge is 2.32. The standard InChI is InChI=1S/C14H17N3O2/c1-7-3-4-17-11-9(15-14(7)17)13(19)10(16-5-6-16)8(2)12(11)18/h7,18-19H,3-6H2,1-2H3. The van der Waals surface area contributed by atoms with E-state index >= 15 is 0 Å². The second kappa shape index (κ2) is 3.35. The number of phenolic OH excluding ortho intramolecular Hbond substituents is 2. The molecule has 1 atom stereocenters. The number of aromatic nitrogens is 2. The Morgan fingerprint density at radius 2 is 1.89 bits per heavy atom. The van der Waals surface area contributed by atoms with Gasteiger partial charge in [-0.25, -0.2) is 4.98 Å². The lowest BCUT2D eigenvalue weighted by Gasteiger charge is -2.13. The van der Waals surface area contributed by atoms with Crippen molar-refractivity contribution in [2.24, 2.45) is 0 Å². The Morgan fingerprint density at radius 1 is 1.16 bits per heavy atom. The van der Waals surface area contributed by atoms with Crippen molar-refractivity contribution in [3.05, 3.63) is 11.4 Å². The number of aryl methyl sites for hydroxylation is 1. The van der Waals surface area contributed by atoms with Gasteiger partial charge in [0.05, 0.1) is 5.69 Å². The zero-order valence-corrected chi connectivity index (χ0v) is 11.1. The first-order chi connectivity index (χ1) is 9.09. The number of aromatic hydroxyl groups is 2. The number of hydrogen-bond donors (Lipinski definition) is 2. The minimum absolute atomic E-state index is 0.219. The van der Waals surface area contributed by atoms with Crippen LogP contribution in [-0.2, 0) is 6.54 Å². The third kappa shape index (κ3) is 1.27. The van der Waals surface area contributed by atoms with Crippen LogP contribution in [0.4, 0.5) is 5.69 Å². The summed E-state index contributed by atoms with van der Waals surface area (Å²) in [5, 5.41) is 21.0. The molecule has 1 saturated heterocycles. The van der Waals surface area contributed by atoms with Crippen molar-refractivity contribution in [2.75, 3.05) is 18.0 Å². The molecule has 0 saturated carbocycles. The van der Waals surface area contributed by atoms with Gasteiger partial charge < -0.3 is 19.7 Å². The smallest absolute Gasteiger partial charge is 0.167 e. The first-order valence-corrected chi connectivity index (χ1v) is 6.79. The SMILES string of the molecule is Cc1c(N2CC2)c(O)c2nc3n(c2c1O)CCC3C. The molecule has 3 heterocycles. The summed E-state index contributed by atoms with van der Waals surface area (Å²) in [4.78, 5) is 6.63. The predicted octanol–water partition coefficient (Wildman–Crippen LogP) is 2.08. The first-order valence-electron chi connectivity index (χ1n) is 6.79. The quantitative estimate of drug-likeness (QED) is 0.608. The number of hydrogen-bond acceptors (Lipinski definition) is 4. The van der Waals surface area contributed by atoms with E-state index in [1.165, 1.54) is 0 Å². The van der Waals surface area contributed by atoms with Gasteiger partial charge in [0, 0.05) is 31.1 Å². The molecule has 5 nitrogen and oxygen atoms in total. The molecule has 100 valence electrons. The second-order valence-corrected chi connectivity index (χ2v) is 5.67. The molecule has 1 fully saturated rings. The molecular weight excluding hydrogens is 242 g/mol. The summed E-state index contributed by atoms with van der Waals surface area (Å²) < 4.78 is 2.05. The Bertz CT molecular complexity index is 701. The molecule has 0 spiro atoms. The largest absolute Gasteiger partial charge is 0.505 e. The van der Waals surface area contributed by atoms with Crippen LogP contribution in [0.25, 0.3) is 11.0 Å². The van der Waals surface area contributed by atoms with Gasteiger partial charge in [-0.2, -0.15) is 0 Å². The molecule has 0 bridgehead atoms. The fourth-order valence-corrected chi connectivity index (χ4v) is 3.17. The second-order valence-electron chi connectivity index (χ2n) is 5.67. The summed E-state index contributed by atoms with van der Waals surface area (Å²) in [6.45, 7) is 6.73. The highest BCUT2D eigenvalue weighted by atomic mass is 16.3. The third-order valence-corrected chi connectivity index (χ3v) is 4.37. The van der Waals surface area contributed by atoms with Gasteiger partial charge >= 0.3 is 0 Å². The van der Waals surface area contributed by atoms with Crippen LogP contribution in [0.15, 0.2) is 0 Å². The van der Waals surface area contributed by atoms with Crippen LogP contribution >= 0.6 is 0 Å². The van der Waals surface area contributed by atoms with Crippen molar-refractivity contribution >= 4 is 16.7 Å². The molecule has 2 aromatic rings. The average molecular weight is 259 g/mol. The van der Waals surface area contributed by atoms with Gasteiger partial charge in [0.25, 0.3) is 0 Å². The Labute approximate surface area is 111 Å². The monoisotopic (exact) mass is 259 g/mol. The number of anilines is 1. The van der Waals surface area contributed by atoms with E-state index in [0.717, 1.165) is 43.1 Å². The zero-order chi connectivity index (χ0) is 13.3. The molecule has 1 aromatic carbocycles. The maximum atomic E-state index is 10.5. The molecule has 1 unspecified atom stereocenters. The zero-order valence-electron chi connectivity index (χ0n) is 11.1. The fraction of sp³-hybridized carbons (Fsp3) is 0.500. The molecule has 0 radical (unpaired) electrons. The van der Waals surface area contributed by atoms with E-state index in [1.54, 1.807) is 0 Å². The summed E-state index contributed by atoms with van der Waals surface area (Å²) in [6, 6.07) is 0. The van der Waals surface area contributed by atoms with Crippen LogP contribution in [0.3, 0.4) is 0 Å². The van der Waals surface area contributed by atoms with E-state index in [9.17, 15) is 10.2 Å². The van der Waals surface area contributed by atoms with Gasteiger partial charge in [0.1, 0.15) is 22.6 Å². The molecule has 0 amide bonds. The van der Waals surface area contributed by atoms with Gasteiger partial charge in [-0.3, -0.25) is 0 Å². The number of phenols is 2. The third-order valence-electron chi connectivity index (χ3n) is 4.37. The van der Waals surface area contributed by atoms with E-state index in [1.807, 2.05) is 11.5 Å². The number of benzene rings is 1. The highest BCUT2D eigenvalue weighted by Crippen LogP contribution is 2.47. The summed E-state index contributed by atoms with van der Waals surface area (Å²) in [5.41, 5.74) is 2.74. The molecule has 0 aliphatic carbocycles. The number of rotatable bonds is 1. The Morgan fingerprint density at radius 3 is 2.58 bits per heavy atom. The topological polar surface area (TPSA) is 61.3 Å². The molecular formula is C14H17N3O2. The number of imidazole rings is 1. The number of nitrogens with zero attached hydrogens (tertiary/aromatic N) is 3. The van der Waals surface area contributed by atoms with Crippen molar-refractivity contribution in [3.8, 4) is 11.5 Å². The Kier molecular flexibility index (Phi) is 1.93. The van der Waals surface area contributed by atoms with E-state index in [4.69, 9.17) is 0 Å². The van der Waals surface area contributed by atoms with Crippen LogP contribution in [-0.4, -0.2) is 32.9 Å². The van der Waals surface area contributed by atoms with Crippen LogP contribution in [0, 0.1) is 6.92 Å². The lowest BCUT2D eigenvalue weighted by atomic mass is 10.1. The summed E-state index contributed by atoms with van der Waals surface area (Å²) >= 11 is 0. The minimum Gasteiger partial charge on any atom is -0.505 e. The van der Waals surface area contributed by atoms with Gasteiger partial charge in [0.2, 0.25) is 0 Å². The molecule has 5 heteroatoms. The first kappa shape index (κ1) is 11.0. The van der Waals surface area contributed by atoms with Crippen LogP contribution in [0.2, 0.25) is 0 Å². The molecule has 1 aromatic heterocycles.